The predicted molar refractivity (Wildman–Crippen MR) is 115 cm³/mol. The number of nitrogens with zero attached hydrogens (tertiary/aromatic N) is 2. The highest BCUT2D eigenvalue weighted by Crippen LogP contribution is 2.25. The number of rotatable bonds is 3. The van der Waals surface area contributed by atoms with Gasteiger partial charge in [-0.25, -0.2) is 0 Å². The summed E-state index contributed by atoms with van der Waals surface area (Å²) in [5.41, 5.74) is 8.39. The minimum Gasteiger partial charge on any atom is -0.277 e. The lowest BCUT2D eigenvalue weighted by atomic mass is 10.1. The van der Waals surface area contributed by atoms with Crippen LogP contribution in [-0.4, -0.2) is 5.71 Å². The highest BCUT2D eigenvalue weighted by molar-refractivity contribution is 9.11. The largest absolute Gasteiger partial charge is 0.277 e. The Balaban J connectivity index is 1.82. The van der Waals surface area contributed by atoms with E-state index in [2.05, 4.69) is 67.6 Å². The van der Waals surface area contributed by atoms with Crippen molar-refractivity contribution in [3.8, 4) is 0 Å². The van der Waals surface area contributed by atoms with E-state index in [-0.39, 0.29) is 0 Å². The second-order valence-electron chi connectivity index (χ2n) is 5.83. The molecule has 0 bridgehead atoms. The molecule has 0 aliphatic carbocycles. The third-order valence-electron chi connectivity index (χ3n) is 3.96. The summed E-state index contributed by atoms with van der Waals surface area (Å²) < 4.78 is 2.01. The number of nitrogens with one attached hydrogen (secondary N) is 1. The summed E-state index contributed by atoms with van der Waals surface area (Å²) >= 11 is 7.13. The Hall–Kier alpha value is -2.37. The molecule has 1 aliphatic heterocycles. The van der Waals surface area contributed by atoms with Crippen LogP contribution in [0.5, 0.6) is 0 Å². The summed E-state index contributed by atoms with van der Waals surface area (Å²) in [6.45, 7) is 0. The molecule has 3 nitrogen and oxygen atoms in total. The molecule has 3 aromatic carbocycles. The van der Waals surface area contributed by atoms with Crippen LogP contribution in [0.1, 0.15) is 11.1 Å². The number of benzene rings is 3. The topological polar surface area (TPSA) is 27.6 Å². The van der Waals surface area contributed by atoms with E-state index < -0.39 is 0 Å². The van der Waals surface area contributed by atoms with Crippen LogP contribution in [0.25, 0.3) is 5.70 Å². The average Bonchev–Trinajstić information content (AvgIpc) is 2.68. The Labute approximate surface area is 169 Å². The van der Waals surface area contributed by atoms with Gasteiger partial charge in [-0.05, 0) is 42.0 Å². The van der Waals surface area contributed by atoms with Crippen molar-refractivity contribution in [1.82, 2.24) is 5.43 Å². The van der Waals surface area contributed by atoms with E-state index in [0.717, 1.165) is 37.2 Å². The lowest BCUT2D eigenvalue weighted by Crippen LogP contribution is -2.36. The van der Waals surface area contributed by atoms with E-state index in [1.54, 1.807) is 0 Å². The molecular weight excluding hydrogens is 454 g/mol. The minimum atomic E-state index is 0.883. The van der Waals surface area contributed by atoms with Gasteiger partial charge in [-0.3, -0.25) is 5.43 Å². The summed E-state index contributed by atoms with van der Waals surface area (Å²) in [5.74, 6) is 0. The third-order valence-corrected chi connectivity index (χ3v) is 4.87. The molecular formula is C21H15Br2N3. The number of allylic oxidation sites excluding steroid dienone is 1. The lowest BCUT2D eigenvalue weighted by Gasteiger charge is -2.28. The van der Waals surface area contributed by atoms with Gasteiger partial charge in [0.15, 0.2) is 0 Å². The van der Waals surface area contributed by atoms with Gasteiger partial charge in [0.1, 0.15) is 0 Å². The Morgan fingerprint density at radius 2 is 1.35 bits per heavy atom. The van der Waals surface area contributed by atoms with Gasteiger partial charge < -0.3 is 0 Å². The molecule has 0 unspecified atom stereocenters. The molecule has 1 heterocycles. The number of hydrogen-bond donors (Lipinski definition) is 1. The number of hydrazine groups is 1. The van der Waals surface area contributed by atoms with Crippen molar-refractivity contribution in [2.24, 2.45) is 5.10 Å². The Kier molecular flexibility index (Phi) is 4.91. The zero-order valence-corrected chi connectivity index (χ0v) is 16.9. The van der Waals surface area contributed by atoms with Gasteiger partial charge in [-0.2, -0.15) is 10.2 Å². The van der Waals surface area contributed by atoms with E-state index in [1.807, 2.05) is 59.7 Å². The number of para-hydroxylation sites is 1. The van der Waals surface area contributed by atoms with E-state index in [4.69, 9.17) is 5.10 Å². The number of hydrogen-bond acceptors (Lipinski definition) is 3. The van der Waals surface area contributed by atoms with Crippen LogP contribution >= 0.6 is 31.9 Å². The van der Waals surface area contributed by atoms with Crippen LogP contribution in [0, 0.1) is 0 Å². The van der Waals surface area contributed by atoms with E-state index in [1.165, 1.54) is 0 Å². The van der Waals surface area contributed by atoms with Crippen molar-refractivity contribution >= 4 is 49.0 Å². The van der Waals surface area contributed by atoms with Crippen molar-refractivity contribution in [3.63, 3.8) is 0 Å². The lowest BCUT2D eigenvalue weighted by molar-refractivity contribution is 0.787. The molecule has 0 atom stereocenters. The molecule has 1 aliphatic rings. The molecule has 4 rings (SSSR count). The van der Waals surface area contributed by atoms with Crippen molar-refractivity contribution in [3.05, 3.63) is 105 Å². The maximum atomic E-state index is 4.80. The van der Waals surface area contributed by atoms with Gasteiger partial charge in [0.2, 0.25) is 0 Å². The Morgan fingerprint density at radius 3 is 2.00 bits per heavy atom. The normalized spacial score (nSPS) is 13.7. The van der Waals surface area contributed by atoms with Crippen molar-refractivity contribution in [2.45, 2.75) is 0 Å². The molecule has 0 aromatic heterocycles. The molecule has 0 spiro atoms. The summed E-state index contributed by atoms with van der Waals surface area (Å²) in [6.07, 6.45) is 2.07. The average molecular weight is 469 g/mol. The number of halogens is 2. The molecule has 0 radical (unpaired) electrons. The third kappa shape index (κ3) is 3.74. The van der Waals surface area contributed by atoms with Crippen LogP contribution in [0.3, 0.4) is 0 Å². The first-order valence-electron chi connectivity index (χ1n) is 8.13. The van der Waals surface area contributed by atoms with Crippen molar-refractivity contribution in [1.29, 1.82) is 0 Å². The summed E-state index contributed by atoms with van der Waals surface area (Å²) in [5, 5.41) is 6.61. The summed E-state index contributed by atoms with van der Waals surface area (Å²) in [6, 6.07) is 26.5. The SMILES string of the molecule is Brc1cc(Br)cc(C2=NN(c3ccccc3)NC(c3ccccc3)=C2)c1. The van der Waals surface area contributed by atoms with Gasteiger partial charge in [0, 0.05) is 14.5 Å². The van der Waals surface area contributed by atoms with Gasteiger partial charge >= 0.3 is 0 Å². The molecule has 0 saturated heterocycles. The highest BCUT2D eigenvalue weighted by atomic mass is 79.9. The van der Waals surface area contributed by atoms with Gasteiger partial charge in [-0.1, -0.05) is 80.4 Å². The first kappa shape index (κ1) is 17.1. The van der Waals surface area contributed by atoms with Crippen LogP contribution in [0.15, 0.2) is 99.0 Å². The molecule has 1 N–H and O–H groups in total. The predicted octanol–water partition coefficient (Wildman–Crippen LogP) is 5.98. The van der Waals surface area contributed by atoms with Crippen LogP contribution in [-0.2, 0) is 0 Å². The minimum absolute atomic E-state index is 0.883. The van der Waals surface area contributed by atoms with Crippen LogP contribution in [0.2, 0.25) is 0 Å². The summed E-state index contributed by atoms with van der Waals surface area (Å²) in [7, 11) is 0. The van der Waals surface area contributed by atoms with E-state index in [9.17, 15) is 0 Å². The summed E-state index contributed by atoms with van der Waals surface area (Å²) in [4.78, 5) is 0. The fourth-order valence-corrected chi connectivity index (χ4v) is 4.04. The quantitative estimate of drug-likeness (QED) is 0.511. The molecule has 0 saturated carbocycles. The first-order chi connectivity index (χ1) is 12.7. The van der Waals surface area contributed by atoms with Gasteiger partial charge in [0.05, 0.1) is 17.1 Å². The molecule has 0 amide bonds. The van der Waals surface area contributed by atoms with Crippen molar-refractivity contribution in [2.75, 3.05) is 5.12 Å². The molecule has 0 fully saturated rings. The zero-order valence-electron chi connectivity index (χ0n) is 13.7. The standard InChI is InChI=1S/C21H15Br2N3/c22-17-11-16(12-18(23)13-17)21-14-20(15-7-3-1-4-8-15)24-26(25-21)19-9-5-2-6-10-19/h1-14,24H. The molecule has 5 heteroatoms. The van der Waals surface area contributed by atoms with Gasteiger partial charge in [0.25, 0.3) is 0 Å². The monoisotopic (exact) mass is 467 g/mol. The second kappa shape index (κ2) is 7.48. The van der Waals surface area contributed by atoms with E-state index >= 15 is 0 Å². The maximum Gasteiger partial charge on any atom is 0.0950 e. The molecule has 128 valence electrons. The second-order valence-corrected chi connectivity index (χ2v) is 7.66. The number of hydrazone groups is 1. The maximum absolute atomic E-state index is 4.80. The van der Waals surface area contributed by atoms with Crippen LogP contribution < -0.4 is 10.5 Å². The smallest absolute Gasteiger partial charge is 0.0950 e. The van der Waals surface area contributed by atoms with Crippen LogP contribution in [0.4, 0.5) is 5.69 Å². The zero-order chi connectivity index (χ0) is 17.9. The van der Waals surface area contributed by atoms with Gasteiger partial charge in [-0.15, -0.1) is 0 Å². The first-order valence-corrected chi connectivity index (χ1v) is 9.72. The fourth-order valence-electron chi connectivity index (χ4n) is 2.74. The van der Waals surface area contributed by atoms with E-state index in [0.29, 0.717) is 0 Å². The van der Waals surface area contributed by atoms with Crippen molar-refractivity contribution < 1.29 is 0 Å². The fraction of sp³-hybridized carbons (Fsp3) is 0. The number of anilines is 1. The molecule has 26 heavy (non-hydrogen) atoms. The Morgan fingerprint density at radius 1 is 0.731 bits per heavy atom. The molecule has 3 aromatic rings. The highest BCUT2D eigenvalue weighted by Gasteiger charge is 2.17. The Bertz CT molecular complexity index is 962.